The molecule has 19 heavy (non-hydrogen) atoms. The molecule has 0 heterocycles. The molecule has 6 heteroatoms. The van der Waals surface area contributed by atoms with Crippen LogP contribution in [0, 0.1) is 11.5 Å². The summed E-state index contributed by atoms with van der Waals surface area (Å²) in [4.78, 5) is 21.9. The van der Waals surface area contributed by atoms with Crippen molar-refractivity contribution in [2.24, 2.45) is 0 Å². The van der Waals surface area contributed by atoms with Crippen LogP contribution >= 0.6 is 0 Å². The summed E-state index contributed by atoms with van der Waals surface area (Å²) in [5, 5.41) is 8.12. The summed E-state index contributed by atoms with van der Waals surface area (Å²) in [7, 11) is 0. The molecule has 0 spiro atoms. The predicted molar refractivity (Wildman–Crippen MR) is 66.8 cm³/mol. The molecule has 0 aromatic heterocycles. The van der Waals surface area contributed by atoms with Gasteiger partial charge < -0.3 is 14.2 Å². The number of carbonyl (C=O) groups is 2. The van der Waals surface area contributed by atoms with E-state index >= 15 is 0 Å². The lowest BCUT2D eigenvalue weighted by molar-refractivity contribution is -0.149. The van der Waals surface area contributed by atoms with Crippen molar-refractivity contribution in [2.45, 2.75) is 32.1 Å². The summed E-state index contributed by atoms with van der Waals surface area (Å²) in [5.74, 6) is -0.835. The van der Waals surface area contributed by atoms with E-state index in [1.807, 2.05) is 0 Å². The van der Waals surface area contributed by atoms with Gasteiger partial charge in [-0.1, -0.05) is 19.4 Å². The van der Waals surface area contributed by atoms with Crippen molar-refractivity contribution in [1.82, 2.24) is 0 Å². The van der Waals surface area contributed by atoms with Gasteiger partial charge in [-0.2, -0.15) is 5.26 Å². The number of unbranched alkanes of at least 4 members (excludes halogenated alkanes) is 3. The molecule has 0 N–H and O–H groups in total. The number of carbonyl (C=O) groups excluding carboxylic acids is 2. The molecule has 0 aromatic carbocycles. The lowest BCUT2D eigenvalue weighted by Gasteiger charge is -2.05. The molecule has 0 aliphatic carbocycles. The summed E-state index contributed by atoms with van der Waals surface area (Å²) in [6.07, 6.45) is 6.33. The third-order valence-corrected chi connectivity index (χ3v) is 2.20. The zero-order chi connectivity index (χ0) is 14.3. The summed E-state index contributed by atoms with van der Waals surface area (Å²) in [6, 6.07) is 0. The summed E-state index contributed by atoms with van der Waals surface area (Å²) < 4.78 is 14.0. The minimum Gasteiger partial charge on any atom is -0.462 e. The number of hydrogen-bond acceptors (Lipinski definition) is 6. The van der Waals surface area contributed by atoms with Gasteiger partial charge in [-0.25, -0.2) is 4.79 Å². The van der Waals surface area contributed by atoms with Crippen LogP contribution in [0.25, 0.3) is 0 Å². The third-order valence-electron chi connectivity index (χ3n) is 2.20. The first-order chi connectivity index (χ1) is 9.20. The third kappa shape index (κ3) is 12.2. The number of nitrogens with zero attached hydrogens (tertiary/aromatic N) is 1. The van der Waals surface area contributed by atoms with Gasteiger partial charge in [0.15, 0.2) is 0 Å². The number of esters is 2. The lowest BCUT2D eigenvalue weighted by atomic mass is 10.1. The average molecular weight is 269 g/mol. The Morgan fingerprint density at radius 1 is 1.05 bits per heavy atom. The topological polar surface area (TPSA) is 85.6 Å². The maximum absolute atomic E-state index is 11.2. The van der Waals surface area contributed by atoms with Crippen LogP contribution in [0.15, 0.2) is 12.7 Å². The van der Waals surface area contributed by atoms with Gasteiger partial charge in [0.25, 0.3) is 6.26 Å². The van der Waals surface area contributed by atoms with Crippen LogP contribution in [0.3, 0.4) is 0 Å². The highest BCUT2D eigenvalue weighted by atomic mass is 16.6. The number of hydrogen-bond donors (Lipinski definition) is 0. The molecule has 0 bridgehead atoms. The van der Waals surface area contributed by atoms with Crippen molar-refractivity contribution < 1.29 is 23.8 Å². The Bertz CT molecular complexity index is 321. The van der Waals surface area contributed by atoms with Crippen molar-refractivity contribution in [3.05, 3.63) is 12.7 Å². The largest absolute Gasteiger partial charge is 0.462 e. The molecule has 0 saturated carbocycles. The molecule has 106 valence electrons. The second-order valence-electron chi connectivity index (χ2n) is 3.70. The van der Waals surface area contributed by atoms with Crippen LogP contribution in [0.1, 0.15) is 32.1 Å². The molecular weight excluding hydrogens is 250 g/mol. The minimum absolute atomic E-state index is 0.0437. The van der Waals surface area contributed by atoms with E-state index in [0.29, 0.717) is 13.0 Å². The highest BCUT2D eigenvalue weighted by Gasteiger charge is 2.03. The van der Waals surface area contributed by atoms with E-state index in [-0.39, 0.29) is 19.2 Å². The Labute approximate surface area is 112 Å². The summed E-state index contributed by atoms with van der Waals surface area (Å²) in [6.45, 7) is 3.78. The number of ether oxygens (including phenoxy) is 3. The van der Waals surface area contributed by atoms with E-state index in [9.17, 15) is 9.59 Å². The first-order valence-corrected chi connectivity index (χ1v) is 6.16. The van der Waals surface area contributed by atoms with Crippen LogP contribution in [-0.4, -0.2) is 31.8 Å². The smallest absolute Gasteiger partial charge is 0.330 e. The van der Waals surface area contributed by atoms with E-state index < -0.39 is 5.97 Å². The Morgan fingerprint density at radius 3 is 2.42 bits per heavy atom. The lowest BCUT2D eigenvalue weighted by Crippen LogP contribution is -2.12. The molecule has 0 aliphatic rings. The fourth-order valence-electron chi connectivity index (χ4n) is 1.27. The van der Waals surface area contributed by atoms with Gasteiger partial charge in [-0.15, -0.1) is 0 Å². The highest BCUT2D eigenvalue weighted by Crippen LogP contribution is 2.04. The molecule has 0 saturated heterocycles. The molecular formula is C13H19NO5. The molecule has 0 fully saturated rings. The Hall–Kier alpha value is -2.03. The first-order valence-electron chi connectivity index (χ1n) is 6.16. The fourth-order valence-corrected chi connectivity index (χ4v) is 1.27. The molecule has 0 atom stereocenters. The fraction of sp³-hybridized carbons (Fsp3) is 0.615. The van der Waals surface area contributed by atoms with Gasteiger partial charge in [-0.05, 0) is 12.8 Å². The Morgan fingerprint density at radius 2 is 1.74 bits per heavy atom. The SMILES string of the molecule is C=CC(=O)OCCOC(=O)CCCCCCOC#N. The molecule has 0 rings (SSSR count). The number of rotatable bonds is 11. The van der Waals surface area contributed by atoms with Crippen LogP contribution < -0.4 is 0 Å². The van der Waals surface area contributed by atoms with E-state index in [0.717, 1.165) is 31.8 Å². The standard InChI is InChI=1S/C13H19NO5/c1-2-12(15)18-9-10-19-13(16)7-5-3-4-6-8-17-11-14/h2H,1,3-10H2. The molecule has 0 unspecified atom stereocenters. The van der Waals surface area contributed by atoms with Crippen LogP contribution in [-0.2, 0) is 23.8 Å². The van der Waals surface area contributed by atoms with Gasteiger partial charge >= 0.3 is 11.9 Å². The van der Waals surface area contributed by atoms with Gasteiger partial charge in [0.1, 0.15) is 19.8 Å². The maximum Gasteiger partial charge on any atom is 0.330 e. The second kappa shape index (κ2) is 12.4. The molecule has 0 aliphatic heterocycles. The maximum atomic E-state index is 11.2. The van der Waals surface area contributed by atoms with E-state index in [2.05, 4.69) is 16.1 Å². The monoisotopic (exact) mass is 269 g/mol. The average Bonchev–Trinajstić information content (AvgIpc) is 2.42. The van der Waals surface area contributed by atoms with Gasteiger partial charge in [0.2, 0.25) is 0 Å². The van der Waals surface area contributed by atoms with E-state index in [4.69, 9.17) is 10.00 Å². The van der Waals surface area contributed by atoms with Crippen LogP contribution in [0.4, 0.5) is 0 Å². The van der Waals surface area contributed by atoms with Crippen LogP contribution in [0.5, 0.6) is 0 Å². The van der Waals surface area contributed by atoms with E-state index in [1.165, 1.54) is 0 Å². The zero-order valence-electron chi connectivity index (χ0n) is 10.9. The summed E-state index contributed by atoms with van der Waals surface area (Å²) in [5.41, 5.74) is 0. The Kier molecular flexibility index (Phi) is 11.1. The first kappa shape index (κ1) is 17.0. The van der Waals surface area contributed by atoms with Gasteiger partial charge in [-0.3, -0.25) is 4.79 Å². The van der Waals surface area contributed by atoms with E-state index in [1.54, 1.807) is 6.26 Å². The van der Waals surface area contributed by atoms with Crippen molar-refractivity contribution >= 4 is 11.9 Å². The molecule has 0 amide bonds. The molecule has 6 nitrogen and oxygen atoms in total. The van der Waals surface area contributed by atoms with Crippen molar-refractivity contribution in [3.63, 3.8) is 0 Å². The van der Waals surface area contributed by atoms with Crippen molar-refractivity contribution in [2.75, 3.05) is 19.8 Å². The van der Waals surface area contributed by atoms with Crippen molar-refractivity contribution in [1.29, 1.82) is 5.26 Å². The zero-order valence-corrected chi connectivity index (χ0v) is 10.9. The molecule has 0 aromatic rings. The number of nitriles is 1. The highest BCUT2D eigenvalue weighted by molar-refractivity contribution is 5.81. The second-order valence-corrected chi connectivity index (χ2v) is 3.70. The molecule has 0 radical (unpaired) electrons. The quantitative estimate of drug-likeness (QED) is 0.245. The van der Waals surface area contributed by atoms with Gasteiger partial charge in [0, 0.05) is 12.5 Å². The summed E-state index contributed by atoms with van der Waals surface area (Å²) >= 11 is 0. The Balaban J connectivity index is 3.28. The van der Waals surface area contributed by atoms with Gasteiger partial charge in [0.05, 0.1) is 0 Å². The predicted octanol–water partition coefficient (Wildman–Crippen LogP) is 1.71. The minimum atomic E-state index is -0.532. The van der Waals surface area contributed by atoms with Crippen molar-refractivity contribution in [3.8, 4) is 6.26 Å². The normalized spacial score (nSPS) is 9.21. The van der Waals surface area contributed by atoms with Crippen LogP contribution in [0.2, 0.25) is 0 Å².